The van der Waals surface area contributed by atoms with Crippen molar-refractivity contribution in [2.24, 2.45) is 0 Å². The van der Waals surface area contributed by atoms with Gasteiger partial charge in [-0.1, -0.05) is 36.2 Å². The van der Waals surface area contributed by atoms with E-state index >= 15 is 0 Å². The predicted molar refractivity (Wildman–Crippen MR) is 85.7 cm³/mol. The average molecular weight is 314 g/mol. The lowest BCUT2D eigenvalue weighted by molar-refractivity contribution is 0.602. The van der Waals surface area contributed by atoms with Crippen molar-refractivity contribution in [2.75, 3.05) is 7.05 Å². The maximum absolute atomic E-state index is 6.06. The van der Waals surface area contributed by atoms with E-state index in [4.69, 9.17) is 23.2 Å². The number of hydrogen-bond donors (Lipinski definition) is 1. The van der Waals surface area contributed by atoms with Crippen LogP contribution >= 0.6 is 34.5 Å². The lowest BCUT2D eigenvalue weighted by Gasteiger charge is -2.15. The number of likely N-dealkylation sites (N-methyl/N-ethyl adjacent to an activating group) is 1. The molecule has 1 atom stereocenters. The van der Waals surface area contributed by atoms with Crippen LogP contribution < -0.4 is 5.32 Å². The lowest BCUT2D eigenvalue weighted by Crippen LogP contribution is -2.17. The fraction of sp³-hybridized carbons (Fsp3) is 0.333. The van der Waals surface area contributed by atoms with Gasteiger partial charge in [-0.3, -0.25) is 0 Å². The van der Waals surface area contributed by atoms with E-state index in [0.717, 1.165) is 12.8 Å². The van der Waals surface area contributed by atoms with Crippen molar-refractivity contribution in [3.8, 4) is 0 Å². The fourth-order valence-electron chi connectivity index (χ4n) is 2.02. The normalized spacial score (nSPS) is 12.6. The molecule has 0 amide bonds. The molecule has 0 saturated heterocycles. The van der Waals surface area contributed by atoms with Crippen LogP contribution in [-0.4, -0.2) is 7.05 Å². The zero-order chi connectivity index (χ0) is 13.8. The minimum atomic E-state index is 0.322. The van der Waals surface area contributed by atoms with Crippen molar-refractivity contribution < 1.29 is 0 Å². The van der Waals surface area contributed by atoms with Crippen molar-refractivity contribution in [2.45, 2.75) is 25.8 Å². The highest BCUT2D eigenvalue weighted by atomic mass is 35.5. The van der Waals surface area contributed by atoms with Gasteiger partial charge < -0.3 is 5.32 Å². The van der Waals surface area contributed by atoms with Gasteiger partial charge in [-0.25, -0.2) is 0 Å². The molecule has 0 fully saturated rings. The van der Waals surface area contributed by atoms with Gasteiger partial charge in [0.2, 0.25) is 0 Å². The minimum Gasteiger partial charge on any atom is -0.312 e. The molecule has 0 aliphatic heterocycles. The van der Waals surface area contributed by atoms with Gasteiger partial charge in [-0.2, -0.15) is 0 Å². The molecule has 0 saturated carbocycles. The van der Waals surface area contributed by atoms with Crippen molar-refractivity contribution in [1.29, 1.82) is 0 Å². The molecule has 0 aliphatic rings. The van der Waals surface area contributed by atoms with Crippen molar-refractivity contribution in [1.82, 2.24) is 5.32 Å². The second-order valence-electron chi connectivity index (χ2n) is 4.45. The van der Waals surface area contributed by atoms with Crippen LogP contribution in [0, 0.1) is 0 Å². The van der Waals surface area contributed by atoms with Crippen LogP contribution in [0.5, 0.6) is 0 Å². The molecule has 4 heteroatoms. The summed E-state index contributed by atoms with van der Waals surface area (Å²) in [7, 11) is 1.99. The Balaban J connectivity index is 2.16. The number of rotatable bonds is 5. The average Bonchev–Trinajstić information content (AvgIpc) is 2.88. The lowest BCUT2D eigenvalue weighted by atomic mass is 10.0. The van der Waals surface area contributed by atoms with E-state index in [1.165, 1.54) is 15.3 Å². The smallest absolute Gasteiger partial charge is 0.0595 e. The summed E-state index contributed by atoms with van der Waals surface area (Å²) >= 11 is 13.9. The van der Waals surface area contributed by atoms with Gasteiger partial charge in [0, 0.05) is 15.8 Å². The Morgan fingerprint density at radius 1 is 1.16 bits per heavy atom. The topological polar surface area (TPSA) is 12.0 Å². The monoisotopic (exact) mass is 313 g/mol. The number of hydrogen-bond acceptors (Lipinski definition) is 2. The van der Waals surface area contributed by atoms with Crippen LogP contribution in [0.2, 0.25) is 10.0 Å². The summed E-state index contributed by atoms with van der Waals surface area (Å²) in [6.07, 6.45) is 2.00. The SMILES string of the molecule is CCc1ccc(C(Cc2ccc(Cl)c(Cl)c2)NC)s1. The summed E-state index contributed by atoms with van der Waals surface area (Å²) in [6, 6.07) is 10.6. The number of thiophene rings is 1. The van der Waals surface area contributed by atoms with Gasteiger partial charge >= 0.3 is 0 Å². The van der Waals surface area contributed by atoms with Crippen molar-refractivity contribution >= 4 is 34.5 Å². The van der Waals surface area contributed by atoms with Gasteiger partial charge in [-0.15, -0.1) is 11.3 Å². The molecule has 2 rings (SSSR count). The standard InChI is InChI=1S/C15H17Cl2NS/c1-3-11-5-7-15(19-11)14(18-2)9-10-4-6-12(16)13(17)8-10/h4-8,14,18H,3,9H2,1-2H3. The molecule has 1 N–H and O–H groups in total. The number of aryl methyl sites for hydroxylation is 1. The van der Waals surface area contributed by atoms with E-state index in [2.05, 4.69) is 24.4 Å². The van der Waals surface area contributed by atoms with Gasteiger partial charge in [-0.05, 0) is 49.7 Å². The summed E-state index contributed by atoms with van der Waals surface area (Å²) in [6.45, 7) is 2.18. The third-order valence-electron chi connectivity index (χ3n) is 3.15. The minimum absolute atomic E-state index is 0.322. The van der Waals surface area contributed by atoms with E-state index in [0.29, 0.717) is 16.1 Å². The predicted octanol–water partition coefficient (Wildman–Crippen LogP) is 5.12. The fourth-order valence-corrected chi connectivity index (χ4v) is 3.40. The number of nitrogens with one attached hydrogen (secondary N) is 1. The first kappa shape index (κ1) is 14.9. The van der Waals surface area contributed by atoms with Gasteiger partial charge in [0.1, 0.15) is 0 Å². The Kier molecular flexibility index (Phi) is 5.28. The highest BCUT2D eigenvalue weighted by Crippen LogP contribution is 2.28. The number of benzene rings is 1. The molecule has 0 bridgehead atoms. The molecule has 102 valence electrons. The Morgan fingerprint density at radius 3 is 2.53 bits per heavy atom. The van der Waals surface area contributed by atoms with Gasteiger partial charge in [0.15, 0.2) is 0 Å². The molecular formula is C15H17Cl2NS. The van der Waals surface area contributed by atoms with Crippen molar-refractivity contribution in [3.05, 3.63) is 55.7 Å². The van der Waals surface area contributed by atoms with E-state index in [9.17, 15) is 0 Å². The molecule has 1 nitrogen and oxygen atoms in total. The molecule has 0 spiro atoms. The number of halogens is 2. The highest BCUT2D eigenvalue weighted by molar-refractivity contribution is 7.12. The van der Waals surface area contributed by atoms with Crippen LogP contribution in [0.25, 0.3) is 0 Å². The van der Waals surface area contributed by atoms with Gasteiger partial charge in [0.25, 0.3) is 0 Å². The summed E-state index contributed by atoms with van der Waals surface area (Å²) in [5.41, 5.74) is 1.19. The van der Waals surface area contributed by atoms with E-state index in [-0.39, 0.29) is 0 Å². The van der Waals surface area contributed by atoms with Crippen LogP contribution in [0.4, 0.5) is 0 Å². The van der Waals surface area contributed by atoms with E-state index in [1.807, 2.05) is 36.6 Å². The van der Waals surface area contributed by atoms with E-state index in [1.54, 1.807) is 0 Å². The first-order valence-electron chi connectivity index (χ1n) is 6.33. The first-order valence-corrected chi connectivity index (χ1v) is 7.91. The third kappa shape index (κ3) is 3.73. The van der Waals surface area contributed by atoms with Crippen LogP contribution in [-0.2, 0) is 12.8 Å². The Labute approximate surface area is 128 Å². The van der Waals surface area contributed by atoms with E-state index < -0.39 is 0 Å². The van der Waals surface area contributed by atoms with Gasteiger partial charge in [0.05, 0.1) is 10.0 Å². The second-order valence-corrected chi connectivity index (χ2v) is 6.47. The quantitative estimate of drug-likeness (QED) is 0.807. The second kappa shape index (κ2) is 6.76. The summed E-state index contributed by atoms with van der Waals surface area (Å²) in [5, 5.41) is 4.60. The molecule has 1 aromatic carbocycles. The molecule has 1 unspecified atom stereocenters. The Bertz CT molecular complexity index is 551. The van der Waals surface area contributed by atoms with Crippen LogP contribution in [0.3, 0.4) is 0 Å². The Hall–Kier alpha value is -0.540. The van der Waals surface area contributed by atoms with Crippen LogP contribution in [0.15, 0.2) is 30.3 Å². The zero-order valence-corrected chi connectivity index (χ0v) is 13.4. The largest absolute Gasteiger partial charge is 0.312 e. The molecular weight excluding hydrogens is 297 g/mol. The molecule has 19 heavy (non-hydrogen) atoms. The summed E-state index contributed by atoms with van der Waals surface area (Å²) < 4.78 is 0. The maximum Gasteiger partial charge on any atom is 0.0595 e. The van der Waals surface area contributed by atoms with Crippen molar-refractivity contribution in [3.63, 3.8) is 0 Å². The molecule has 0 aliphatic carbocycles. The first-order chi connectivity index (χ1) is 9.13. The molecule has 1 heterocycles. The maximum atomic E-state index is 6.06. The Morgan fingerprint density at radius 2 is 1.95 bits per heavy atom. The highest BCUT2D eigenvalue weighted by Gasteiger charge is 2.13. The molecule has 2 aromatic rings. The summed E-state index contributed by atoms with van der Waals surface area (Å²) in [4.78, 5) is 2.79. The third-order valence-corrected chi connectivity index (χ3v) is 5.23. The summed E-state index contributed by atoms with van der Waals surface area (Å²) in [5.74, 6) is 0. The molecule has 0 radical (unpaired) electrons. The zero-order valence-electron chi connectivity index (χ0n) is 11.0. The molecule has 1 aromatic heterocycles. The van der Waals surface area contributed by atoms with Crippen LogP contribution in [0.1, 0.15) is 28.3 Å².